The van der Waals surface area contributed by atoms with Gasteiger partial charge in [-0.05, 0) is 42.7 Å². The van der Waals surface area contributed by atoms with Crippen molar-refractivity contribution in [3.8, 4) is 23.1 Å². The van der Waals surface area contributed by atoms with Crippen molar-refractivity contribution in [2.24, 2.45) is 0 Å². The van der Waals surface area contributed by atoms with Gasteiger partial charge in [0.2, 0.25) is 0 Å². The molecule has 26 heavy (non-hydrogen) atoms. The molecule has 0 bridgehead atoms. The van der Waals surface area contributed by atoms with Gasteiger partial charge in [-0.2, -0.15) is 17.9 Å². The Balaban J connectivity index is 2.33. The van der Waals surface area contributed by atoms with Crippen LogP contribution in [0.3, 0.4) is 0 Å². The lowest BCUT2D eigenvalue weighted by Crippen LogP contribution is -2.26. The first-order valence-electron chi connectivity index (χ1n) is 7.66. The third-order valence-electron chi connectivity index (χ3n) is 3.85. The first kappa shape index (κ1) is 18.8. The van der Waals surface area contributed by atoms with Gasteiger partial charge < -0.3 is 0 Å². The second-order valence-electron chi connectivity index (χ2n) is 5.37. The van der Waals surface area contributed by atoms with Crippen LogP contribution in [0.25, 0.3) is 17.1 Å². The third-order valence-corrected chi connectivity index (χ3v) is 5.42. The van der Waals surface area contributed by atoms with Gasteiger partial charge in [0.05, 0.1) is 11.4 Å². The molecule has 0 aliphatic rings. The Kier molecular flexibility index (Phi) is 5.87. The van der Waals surface area contributed by atoms with Gasteiger partial charge in [-0.3, -0.25) is 9.36 Å². The van der Waals surface area contributed by atoms with Crippen LogP contribution in [0, 0.1) is 11.3 Å². The summed E-state index contributed by atoms with van der Waals surface area (Å²) in [6, 6.07) is 17.1. The minimum absolute atomic E-state index is 0.0207. The summed E-state index contributed by atoms with van der Waals surface area (Å²) in [6.07, 6.45) is 2.01. The van der Waals surface area contributed by atoms with Gasteiger partial charge in [-0.25, -0.2) is 4.98 Å². The second-order valence-corrected chi connectivity index (χ2v) is 7.48. The molecular weight excluding hydrogens is 430 g/mol. The van der Waals surface area contributed by atoms with Crippen LogP contribution in [0.4, 0.5) is 0 Å². The third kappa shape index (κ3) is 3.58. The van der Waals surface area contributed by atoms with Gasteiger partial charge >= 0.3 is 0 Å². The fourth-order valence-electron chi connectivity index (χ4n) is 2.56. The maximum atomic E-state index is 13.0. The highest BCUT2D eigenvalue weighted by atomic mass is 79.9. The van der Waals surface area contributed by atoms with Crippen LogP contribution in [0.15, 0.2) is 62.7 Å². The van der Waals surface area contributed by atoms with Crippen LogP contribution in [-0.2, 0) is 5.75 Å². The summed E-state index contributed by atoms with van der Waals surface area (Å²) in [5.74, 6) is 0.711. The molecule has 0 unspecified atom stereocenters. The van der Waals surface area contributed by atoms with E-state index in [1.54, 1.807) is 11.8 Å². The Bertz CT molecular complexity index is 1040. The SMILES string of the molecule is CSc1ccc(-c2nc(CS)c(C#N)c(=O)n2-c2ccc(Br)cc2)cc1. The van der Waals surface area contributed by atoms with E-state index in [1.165, 1.54) is 4.57 Å². The molecule has 7 heteroatoms. The Labute approximate surface area is 169 Å². The monoisotopic (exact) mass is 443 g/mol. The van der Waals surface area contributed by atoms with E-state index in [0.29, 0.717) is 17.2 Å². The lowest BCUT2D eigenvalue weighted by atomic mass is 10.1. The summed E-state index contributed by atoms with van der Waals surface area (Å²) in [5, 5.41) is 9.43. The molecule has 0 amide bonds. The van der Waals surface area contributed by atoms with Gasteiger partial charge in [-0.1, -0.05) is 28.1 Å². The number of aromatic nitrogens is 2. The normalized spacial score (nSPS) is 10.5. The van der Waals surface area contributed by atoms with Gasteiger partial charge in [-0.15, -0.1) is 11.8 Å². The summed E-state index contributed by atoms with van der Waals surface area (Å²) in [5.41, 5.74) is 1.47. The molecule has 3 aromatic rings. The maximum absolute atomic E-state index is 13.0. The lowest BCUT2D eigenvalue weighted by molar-refractivity contribution is 0.916. The smallest absolute Gasteiger partial charge is 0.267 e. The summed E-state index contributed by atoms with van der Waals surface area (Å²) < 4.78 is 2.38. The van der Waals surface area contributed by atoms with Crippen LogP contribution >= 0.6 is 40.3 Å². The van der Waals surface area contributed by atoms with Crippen molar-refractivity contribution < 1.29 is 0 Å². The zero-order chi connectivity index (χ0) is 18.7. The standard InChI is InChI=1S/C19H14BrN3OS2/c1-26-15-8-2-12(3-9-15)18-22-17(11-25)16(10-21)19(24)23(18)14-6-4-13(20)5-7-14/h2-9,25H,11H2,1H3. The largest absolute Gasteiger partial charge is 0.276 e. The Morgan fingerprint density at radius 2 is 1.85 bits per heavy atom. The molecule has 0 spiro atoms. The number of hydrogen-bond donors (Lipinski definition) is 1. The Hall–Kier alpha value is -2.01. The number of benzene rings is 2. The zero-order valence-electron chi connectivity index (χ0n) is 13.8. The molecule has 0 aliphatic heterocycles. The van der Waals surface area contributed by atoms with E-state index in [9.17, 15) is 10.1 Å². The highest BCUT2D eigenvalue weighted by Gasteiger charge is 2.18. The number of rotatable bonds is 4. The molecule has 0 radical (unpaired) electrons. The second kappa shape index (κ2) is 8.12. The highest BCUT2D eigenvalue weighted by molar-refractivity contribution is 9.10. The van der Waals surface area contributed by atoms with Crippen molar-refractivity contribution in [3.63, 3.8) is 0 Å². The predicted molar refractivity (Wildman–Crippen MR) is 112 cm³/mol. The van der Waals surface area contributed by atoms with Gasteiger partial charge in [0.25, 0.3) is 5.56 Å². The lowest BCUT2D eigenvalue weighted by Gasteiger charge is -2.15. The molecule has 0 atom stereocenters. The van der Waals surface area contributed by atoms with Gasteiger partial charge in [0, 0.05) is 20.7 Å². The summed E-state index contributed by atoms with van der Waals surface area (Å²) in [4.78, 5) is 18.7. The van der Waals surface area contributed by atoms with Crippen molar-refractivity contribution in [2.45, 2.75) is 10.6 Å². The zero-order valence-corrected chi connectivity index (χ0v) is 17.1. The van der Waals surface area contributed by atoms with Crippen molar-refractivity contribution >= 4 is 40.3 Å². The average Bonchev–Trinajstić information content (AvgIpc) is 2.68. The van der Waals surface area contributed by atoms with Crippen LogP contribution in [-0.4, -0.2) is 15.8 Å². The summed E-state index contributed by atoms with van der Waals surface area (Å²) in [7, 11) is 0. The molecule has 1 aromatic heterocycles. The quantitative estimate of drug-likeness (QED) is 0.469. The van der Waals surface area contributed by atoms with Crippen molar-refractivity contribution in [1.29, 1.82) is 5.26 Å². The number of nitriles is 1. The average molecular weight is 444 g/mol. The predicted octanol–water partition coefficient (Wildman–Crippen LogP) is 4.69. The molecule has 0 N–H and O–H groups in total. The first-order valence-corrected chi connectivity index (χ1v) is 10.3. The molecule has 0 aliphatic carbocycles. The van der Waals surface area contributed by atoms with Crippen molar-refractivity contribution in [2.75, 3.05) is 6.26 Å². The number of halogens is 1. The van der Waals surface area contributed by atoms with Crippen LogP contribution in [0.1, 0.15) is 11.3 Å². The fourth-order valence-corrected chi connectivity index (χ4v) is 3.46. The summed E-state index contributed by atoms with van der Waals surface area (Å²) in [6.45, 7) is 0. The fraction of sp³-hybridized carbons (Fsp3) is 0.105. The van der Waals surface area contributed by atoms with E-state index in [1.807, 2.05) is 60.9 Å². The summed E-state index contributed by atoms with van der Waals surface area (Å²) >= 11 is 9.28. The van der Waals surface area contributed by atoms with E-state index in [2.05, 4.69) is 33.5 Å². The molecule has 4 nitrogen and oxygen atoms in total. The topological polar surface area (TPSA) is 58.7 Å². The molecule has 130 valence electrons. The number of nitrogens with zero attached hydrogens (tertiary/aromatic N) is 3. The first-order chi connectivity index (χ1) is 12.6. The minimum atomic E-state index is -0.391. The molecule has 0 saturated heterocycles. The van der Waals surface area contributed by atoms with E-state index < -0.39 is 5.56 Å². The molecule has 0 saturated carbocycles. The number of thioether (sulfide) groups is 1. The molecule has 3 rings (SSSR count). The van der Waals surface area contributed by atoms with Crippen LogP contribution < -0.4 is 5.56 Å². The van der Waals surface area contributed by atoms with E-state index >= 15 is 0 Å². The van der Waals surface area contributed by atoms with Crippen molar-refractivity contribution in [3.05, 3.63) is 74.6 Å². The Morgan fingerprint density at radius 1 is 1.19 bits per heavy atom. The minimum Gasteiger partial charge on any atom is -0.267 e. The highest BCUT2D eigenvalue weighted by Crippen LogP contribution is 2.25. The molecule has 2 aromatic carbocycles. The maximum Gasteiger partial charge on any atom is 0.276 e. The molecule has 1 heterocycles. The number of thiol groups is 1. The van der Waals surface area contributed by atoms with Crippen LogP contribution in [0.5, 0.6) is 0 Å². The van der Waals surface area contributed by atoms with E-state index in [4.69, 9.17) is 0 Å². The van der Waals surface area contributed by atoms with E-state index in [0.717, 1.165) is 14.9 Å². The number of hydrogen-bond acceptors (Lipinski definition) is 5. The van der Waals surface area contributed by atoms with E-state index in [-0.39, 0.29) is 11.3 Å². The molecular formula is C19H14BrN3OS2. The van der Waals surface area contributed by atoms with Crippen molar-refractivity contribution in [1.82, 2.24) is 9.55 Å². The van der Waals surface area contributed by atoms with Gasteiger partial charge in [0.15, 0.2) is 0 Å². The molecule has 0 fully saturated rings. The van der Waals surface area contributed by atoms with Crippen LogP contribution in [0.2, 0.25) is 0 Å². The van der Waals surface area contributed by atoms with Gasteiger partial charge in [0.1, 0.15) is 17.5 Å². The Morgan fingerprint density at radius 3 is 2.38 bits per heavy atom.